The topological polar surface area (TPSA) is 43.4 Å². The Bertz CT molecular complexity index is 608. The summed E-state index contributed by atoms with van der Waals surface area (Å²) in [5, 5.41) is 0.456. The van der Waals surface area contributed by atoms with Crippen molar-refractivity contribution in [2.75, 3.05) is 6.61 Å². The van der Waals surface area contributed by atoms with Crippen molar-refractivity contribution in [3.8, 4) is 5.75 Å². The average Bonchev–Trinajstić information content (AvgIpc) is 2.46. The maximum Gasteiger partial charge on any atom is 0.200 e. The van der Waals surface area contributed by atoms with Crippen molar-refractivity contribution in [2.24, 2.45) is 0 Å². The minimum Gasteiger partial charge on any atom is -0.484 e. The number of ether oxygens (including phenoxy) is 1. The SMILES string of the molecule is O=Cc1cccc(C(=O)COc2ccccc2Cl)c1. The minimum absolute atomic E-state index is 0.119. The summed E-state index contributed by atoms with van der Waals surface area (Å²) in [6.45, 7) is -0.119. The van der Waals surface area contributed by atoms with Gasteiger partial charge in [0.05, 0.1) is 5.02 Å². The lowest BCUT2D eigenvalue weighted by molar-refractivity contribution is 0.0921. The number of halogens is 1. The fourth-order valence-corrected chi connectivity index (χ4v) is 1.76. The van der Waals surface area contributed by atoms with E-state index in [0.717, 1.165) is 0 Å². The molecule has 0 aromatic heterocycles. The number of benzene rings is 2. The fourth-order valence-electron chi connectivity index (χ4n) is 1.57. The van der Waals surface area contributed by atoms with Crippen molar-refractivity contribution in [3.05, 3.63) is 64.7 Å². The standard InChI is InChI=1S/C15H11ClO3/c16-13-6-1-2-7-15(13)19-10-14(18)12-5-3-4-11(8-12)9-17/h1-9H,10H2. The lowest BCUT2D eigenvalue weighted by atomic mass is 10.1. The highest BCUT2D eigenvalue weighted by atomic mass is 35.5. The molecule has 3 nitrogen and oxygen atoms in total. The lowest BCUT2D eigenvalue weighted by Crippen LogP contribution is -2.12. The Morgan fingerprint density at radius 1 is 1.16 bits per heavy atom. The third kappa shape index (κ3) is 3.42. The van der Waals surface area contributed by atoms with Crippen molar-refractivity contribution in [1.82, 2.24) is 0 Å². The molecule has 0 aliphatic carbocycles. The molecular weight excluding hydrogens is 264 g/mol. The zero-order valence-corrected chi connectivity index (χ0v) is 10.8. The Balaban J connectivity index is 2.05. The number of carbonyl (C=O) groups excluding carboxylic acids is 2. The van der Waals surface area contributed by atoms with Crippen LogP contribution in [-0.4, -0.2) is 18.7 Å². The Hall–Kier alpha value is -2.13. The van der Waals surface area contributed by atoms with Gasteiger partial charge < -0.3 is 4.74 Å². The summed E-state index contributed by atoms with van der Waals surface area (Å²) in [4.78, 5) is 22.6. The molecule has 0 saturated heterocycles. The van der Waals surface area contributed by atoms with Crippen LogP contribution in [0.15, 0.2) is 48.5 Å². The fraction of sp³-hybridized carbons (Fsp3) is 0.0667. The van der Waals surface area contributed by atoms with Gasteiger partial charge in [-0.05, 0) is 18.2 Å². The number of aldehydes is 1. The van der Waals surface area contributed by atoms with Gasteiger partial charge in [-0.3, -0.25) is 9.59 Å². The second kappa shape index (κ2) is 6.16. The monoisotopic (exact) mass is 274 g/mol. The van der Waals surface area contributed by atoms with Gasteiger partial charge in [0, 0.05) is 11.1 Å². The van der Waals surface area contributed by atoms with Crippen molar-refractivity contribution in [3.63, 3.8) is 0 Å². The second-order valence-corrected chi connectivity index (χ2v) is 4.29. The number of para-hydroxylation sites is 1. The molecule has 0 spiro atoms. The average molecular weight is 275 g/mol. The van der Waals surface area contributed by atoms with Crippen LogP contribution in [-0.2, 0) is 0 Å². The van der Waals surface area contributed by atoms with E-state index in [1.165, 1.54) is 6.07 Å². The molecule has 0 radical (unpaired) electrons. The first-order valence-electron chi connectivity index (χ1n) is 5.66. The van der Waals surface area contributed by atoms with Crippen molar-refractivity contribution in [2.45, 2.75) is 0 Å². The summed E-state index contributed by atoms with van der Waals surface area (Å²) in [6, 6.07) is 13.4. The van der Waals surface area contributed by atoms with Crippen LogP contribution < -0.4 is 4.74 Å². The zero-order valence-electron chi connectivity index (χ0n) is 10.0. The third-order valence-electron chi connectivity index (χ3n) is 2.54. The molecule has 0 amide bonds. The number of hydrogen-bond donors (Lipinski definition) is 0. The van der Waals surface area contributed by atoms with Crippen molar-refractivity contribution >= 4 is 23.7 Å². The van der Waals surface area contributed by atoms with E-state index in [-0.39, 0.29) is 12.4 Å². The molecule has 0 atom stereocenters. The Labute approximate surface area is 115 Å². The van der Waals surface area contributed by atoms with Crippen LogP contribution in [0.2, 0.25) is 5.02 Å². The molecule has 19 heavy (non-hydrogen) atoms. The molecule has 0 aliphatic heterocycles. The minimum atomic E-state index is -0.205. The van der Waals surface area contributed by atoms with Crippen LogP contribution in [0, 0.1) is 0 Å². The van der Waals surface area contributed by atoms with E-state index >= 15 is 0 Å². The third-order valence-corrected chi connectivity index (χ3v) is 2.85. The highest BCUT2D eigenvalue weighted by molar-refractivity contribution is 6.32. The molecule has 2 aromatic carbocycles. The van der Waals surface area contributed by atoms with Gasteiger partial charge in [-0.15, -0.1) is 0 Å². The van der Waals surface area contributed by atoms with Gasteiger partial charge in [-0.1, -0.05) is 41.9 Å². The van der Waals surface area contributed by atoms with Crippen molar-refractivity contribution < 1.29 is 14.3 Å². The molecule has 0 unspecified atom stereocenters. The van der Waals surface area contributed by atoms with Gasteiger partial charge in [-0.25, -0.2) is 0 Å². The first-order chi connectivity index (χ1) is 9.20. The van der Waals surface area contributed by atoms with Gasteiger partial charge in [0.2, 0.25) is 0 Å². The number of carbonyl (C=O) groups is 2. The molecular formula is C15H11ClO3. The van der Waals surface area contributed by atoms with E-state index in [4.69, 9.17) is 16.3 Å². The summed E-state index contributed by atoms with van der Waals surface area (Å²) in [5.41, 5.74) is 0.903. The predicted octanol–water partition coefficient (Wildman–Crippen LogP) is 3.41. The van der Waals surface area contributed by atoms with Gasteiger partial charge in [0.25, 0.3) is 0 Å². The number of Topliss-reactive ketones (excluding diaryl/α,β-unsaturated/α-hetero) is 1. The van der Waals surface area contributed by atoms with E-state index < -0.39 is 0 Å². The predicted molar refractivity (Wildman–Crippen MR) is 73.1 cm³/mol. The molecule has 2 rings (SSSR count). The Morgan fingerprint density at radius 3 is 2.68 bits per heavy atom. The molecule has 0 bridgehead atoms. The number of hydrogen-bond acceptors (Lipinski definition) is 3. The highest BCUT2D eigenvalue weighted by Gasteiger charge is 2.08. The van der Waals surface area contributed by atoms with Crippen LogP contribution in [0.25, 0.3) is 0 Å². The van der Waals surface area contributed by atoms with Gasteiger partial charge >= 0.3 is 0 Å². The molecule has 0 aliphatic rings. The van der Waals surface area contributed by atoms with E-state index in [0.29, 0.717) is 28.2 Å². The first kappa shape index (κ1) is 13.3. The number of rotatable bonds is 5. The van der Waals surface area contributed by atoms with E-state index in [9.17, 15) is 9.59 Å². The summed E-state index contributed by atoms with van der Waals surface area (Å²) in [5.74, 6) is 0.257. The molecule has 0 N–H and O–H groups in total. The van der Waals surface area contributed by atoms with Crippen LogP contribution >= 0.6 is 11.6 Å². The maximum atomic E-state index is 11.9. The van der Waals surface area contributed by atoms with E-state index in [1.54, 1.807) is 42.5 Å². The smallest absolute Gasteiger partial charge is 0.200 e. The Kier molecular flexibility index (Phi) is 4.31. The number of ketones is 1. The van der Waals surface area contributed by atoms with Gasteiger partial charge in [0.15, 0.2) is 12.4 Å². The molecule has 0 heterocycles. The summed E-state index contributed by atoms with van der Waals surface area (Å²) in [7, 11) is 0. The summed E-state index contributed by atoms with van der Waals surface area (Å²) in [6.07, 6.45) is 0.700. The summed E-state index contributed by atoms with van der Waals surface area (Å²) < 4.78 is 5.36. The summed E-state index contributed by atoms with van der Waals surface area (Å²) >= 11 is 5.92. The zero-order chi connectivity index (χ0) is 13.7. The molecule has 96 valence electrons. The van der Waals surface area contributed by atoms with Crippen molar-refractivity contribution in [1.29, 1.82) is 0 Å². The van der Waals surface area contributed by atoms with E-state index in [1.807, 2.05) is 0 Å². The van der Waals surface area contributed by atoms with Crippen LogP contribution in [0.5, 0.6) is 5.75 Å². The van der Waals surface area contributed by atoms with Gasteiger partial charge in [0.1, 0.15) is 12.0 Å². The maximum absolute atomic E-state index is 11.9. The quantitative estimate of drug-likeness (QED) is 0.620. The largest absolute Gasteiger partial charge is 0.484 e. The highest BCUT2D eigenvalue weighted by Crippen LogP contribution is 2.23. The molecule has 4 heteroatoms. The van der Waals surface area contributed by atoms with Crippen LogP contribution in [0.1, 0.15) is 20.7 Å². The first-order valence-corrected chi connectivity index (χ1v) is 6.04. The lowest BCUT2D eigenvalue weighted by Gasteiger charge is -2.07. The van der Waals surface area contributed by atoms with Crippen LogP contribution in [0.4, 0.5) is 0 Å². The van der Waals surface area contributed by atoms with Crippen LogP contribution in [0.3, 0.4) is 0 Å². The molecule has 0 saturated carbocycles. The van der Waals surface area contributed by atoms with E-state index in [2.05, 4.69) is 0 Å². The molecule has 2 aromatic rings. The second-order valence-electron chi connectivity index (χ2n) is 3.89. The Morgan fingerprint density at radius 2 is 1.95 bits per heavy atom. The van der Waals surface area contributed by atoms with Gasteiger partial charge in [-0.2, -0.15) is 0 Å². The molecule has 0 fully saturated rings. The normalized spacial score (nSPS) is 9.95.